The van der Waals surface area contributed by atoms with Crippen molar-refractivity contribution in [2.75, 3.05) is 0 Å². The van der Waals surface area contributed by atoms with Gasteiger partial charge < -0.3 is 0 Å². The van der Waals surface area contributed by atoms with Gasteiger partial charge in [-0.15, -0.1) is 0 Å². The fourth-order valence-electron chi connectivity index (χ4n) is 1.18. The van der Waals surface area contributed by atoms with Gasteiger partial charge >= 0.3 is 0 Å². The first-order valence-corrected chi connectivity index (χ1v) is 5.84. The lowest BCUT2D eigenvalue weighted by atomic mass is 10.1. The van der Waals surface area contributed by atoms with Gasteiger partial charge in [-0.1, -0.05) is 44.2 Å². The van der Waals surface area contributed by atoms with Gasteiger partial charge in [-0.3, -0.25) is 0 Å². The first-order chi connectivity index (χ1) is 6.88. The molecule has 0 nitrogen and oxygen atoms in total. The Morgan fingerprint density at radius 3 is 3.00 bits per heavy atom. The summed E-state index contributed by atoms with van der Waals surface area (Å²) in [5.41, 5.74) is 2.61. The predicted octanol–water partition coefficient (Wildman–Crippen LogP) is 4.67. The SMILES string of the molecule is C=C/C=C\C(=C/CCC)c1ccsc1. The van der Waals surface area contributed by atoms with Gasteiger partial charge in [0.05, 0.1) is 0 Å². The van der Waals surface area contributed by atoms with Crippen molar-refractivity contribution in [2.24, 2.45) is 0 Å². The Kier molecular flexibility index (Phi) is 5.02. The molecule has 0 aromatic carbocycles. The molecule has 0 bridgehead atoms. The van der Waals surface area contributed by atoms with E-state index < -0.39 is 0 Å². The van der Waals surface area contributed by atoms with Gasteiger partial charge in [0.25, 0.3) is 0 Å². The average molecular weight is 204 g/mol. The van der Waals surface area contributed by atoms with E-state index >= 15 is 0 Å². The lowest BCUT2D eigenvalue weighted by Crippen LogP contribution is -1.76. The molecule has 0 atom stereocenters. The molecule has 74 valence electrons. The Balaban J connectivity index is 2.82. The van der Waals surface area contributed by atoms with E-state index in [0.717, 1.165) is 6.42 Å². The van der Waals surface area contributed by atoms with Crippen LogP contribution in [0.15, 0.2) is 47.7 Å². The Morgan fingerprint density at radius 2 is 2.43 bits per heavy atom. The summed E-state index contributed by atoms with van der Waals surface area (Å²) < 4.78 is 0. The van der Waals surface area contributed by atoms with Crippen LogP contribution in [0.3, 0.4) is 0 Å². The van der Waals surface area contributed by atoms with Crippen LogP contribution in [-0.4, -0.2) is 0 Å². The van der Waals surface area contributed by atoms with Crippen molar-refractivity contribution in [3.8, 4) is 0 Å². The molecule has 0 amide bonds. The molecule has 1 rings (SSSR count). The van der Waals surface area contributed by atoms with Crippen molar-refractivity contribution in [2.45, 2.75) is 19.8 Å². The zero-order chi connectivity index (χ0) is 10.2. The molecule has 1 aromatic rings. The molecule has 0 fully saturated rings. The molecular weight excluding hydrogens is 188 g/mol. The molecule has 1 aromatic heterocycles. The largest absolute Gasteiger partial charge is 0.152 e. The van der Waals surface area contributed by atoms with Crippen LogP contribution in [0.4, 0.5) is 0 Å². The molecule has 14 heavy (non-hydrogen) atoms. The third-order valence-corrected chi connectivity index (χ3v) is 2.60. The minimum Gasteiger partial charge on any atom is -0.152 e. The highest BCUT2D eigenvalue weighted by atomic mass is 32.1. The van der Waals surface area contributed by atoms with E-state index in [4.69, 9.17) is 0 Å². The number of allylic oxidation sites excluding steroid dienone is 5. The van der Waals surface area contributed by atoms with Gasteiger partial charge in [0.15, 0.2) is 0 Å². The maximum Gasteiger partial charge on any atom is -0.00148 e. The quantitative estimate of drug-likeness (QED) is 0.611. The lowest BCUT2D eigenvalue weighted by molar-refractivity contribution is 0.960. The molecule has 0 N–H and O–H groups in total. The fourth-order valence-corrected chi connectivity index (χ4v) is 1.85. The van der Waals surface area contributed by atoms with Crippen molar-refractivity contribution >= 4 is 16.9 Å². The summed E-state index contributed by atoms with van der Waals surface area (Å²) in [6.07, 6.45) is 10.5. The van der Waals surface area contributed by atoms with Gasteiger partial charge in [0.1, 0.15) is 0 Å². The van der Waals surface area contributed by atoms with Crippen LogP contribution in [-0.2, 0) is 0 Å². The monoisotopic (exact) mass is 204 g/mol. The van der Waals surface area contributed by atoms with Crippen molar-refractivity contribution in [1.29, 1.82) is 0 Å². The predicted molar refractivity (Wildman–Crippen MR) is 66.5 cm³/mol. The van der Waals surface area contributed by atoms with Crippen LogP contribution >= 0.6 is 11.3 Å². The minimum atomic E-state index is 1.13. The molecule has 0 spiro atoms. The Morgan fingerprint density at radius 1 is 1.57 bits per heavy atom. The molecular formula is C13H16S. The van der Waals surface area contributed by atoms with E-state index in [1.54, 1.807) is 11.3 Å². The van der Waals surface area contributed by atoms with Crippen LogP contribution in [0.2, 0.25) is 0 Å². The molecule has 1 heteroatoms. The molecule has 0 saturated carbocycles. The minimum absolute atomic E-state index is 1.13. The van der Waals surface area contributed by atoms with Crippen LogP contribution in [0.5, 0.6) is 0 Å². The highest BCUT2D eigenvalue weighted by molar-refractivity contribution is 7.08. The summed E-state index contributed by atoms with van der Waals surface area (Å²) >= 11 is 1.73. The molecule has 0 saturated heterocycles. The highest BCUT2D eigenvalue weighted by Crippen LogP contribution is 2.19. The topological polar surface area (TPSA) is 0 Å². The number of hydrogen-bond acceptors (Lipinski definition) is 1. The van der Waals surface area contributed by atoms with E-state index in [9.17, 15) is 0 Å². The summed E-state index contributed by atoms with van der Waals surface area (Å²) in [5, 5.41) is 4.28. The Labute approximate surface area is 90.3 Å². The van der Waals surface area contributed by atoms with E-state index in [1.807, 2.05) is 12.2 Å². The van der Waals surface area contributed by atoms with Crippen LogP contribution in [0.25, 0.3) is 5.57 Å². The third-order valence-electron chi connectivity index (χ3n) is 1.92. The molecule has 0 unspecified atom stereocenters. The van der Waals surface area contributed by atoms with Gasteiger partial charge in [0.2, 0.25) is 0 Å². The zero-order valence-electron chi connectivity index (χ0n) is 8.57. The van der Waals surface area contributed by atoms with Gasteiger partial charge in [-0.2, -0.15) is 11.3 Å². The molecule has 0 radical (unpaired) electrons. The zero-order valence-corrected chi connectivity index (χ0v) is 9.39. The van der Waals surface area contributed by atoms with E-state index in [2.05, 4.69) is 42.5 Å². The second kappa shape index (κ2) is 6.39. The lowest BCUT2D eigenvalue weighted by Gasteiger charge is -1.97. The molecule has 0 aliphatic rings. The smallest absolute Gasteiger partial charge is 0.00148 e. The molecule has 1 heterocycles. The van der Waals surface area contributed by atoms with Crippen molar-refractivity contribution in [1.82, 2.24) is 0 Å². The van der Waals surface area contributed by atoms with E-state index in [-0.39, 0.29) is 0 Å². The Bertz CT molecular complexity index is 315. The van der Waals surface area contributed by atoms with Crippen molar-refractivity contribution in [3.05, 3.63) is 53.3 Å². The second-order valence-electron chi connectivity index (χ2n) is 3.05. The van der Waals surface area contributed by atoms with E-state index in [0.29, 0.717) is 0 Å². The van der Waals surface area contributed by atoms with Gasteiger partial charge in [0, 0.05) is 0 Å². The standard InChI is InChI=1S/C13H16S/c1-3-5-7-12(8-6-4-2)13-9-10-14-11-13/h3,5,7-11H,1,4,6H2,2H3/b7-5-,12-8+. The summed E-state index contributed by atoms with van der Waals surface area (Å²) in [5.74, 6) is 0. The van der Waals surface area contributed by atoms with Crippen molar-refractivity contribution < 1.29 is 0 Å². The fraction of sp³-hybridized carbons (Fsp3) is 0.231. The van der Waals surface area contributed by atoms with Gasteiger partial charge in [-0.05, 0) is 34.4 Å². The summed E-state index contributed by atoms with van der Waals surface area (Å²) in [7, 11) is 0. The maximum absolute atomic E-state index is 3.68. The number of thiophene rings is 1. The Hall–Kier alpha value is -1.08. The number of unbranched alkanes of at least 4 members (excludes halogenated alkanes) is 1. The summed E-state index contributed by atoms with van der Waals surface area (Å²) in [4.78, 5) is 0. The van der Waals surface area contributed by atoms with Crippen LogP contribution in [0.1, 0.15) is 25.3 Å². The average Bonchev–Trinajstić information content (AvgIpc) is 2.71. The number of hydrogen-bond donors (Lipinski definition) is 0. The maximum atomic E-state index is 3.68. The van der Waals surface area contributed by atoms with Crippen LogP contribution < -0.4 is 0 Å². The highest BCUT2D eigenvalue weighted by Gasteiger charge is 1.96. The number of rotatable bonds is 5. The molecule has 0 aliphatic heterocycles. The van der Waals surface area contributed by atoms with Crippen LogP contribution in [0, 0.1) is 0 Å². The van der Waals surface area contributed by atoms with Gasteiger partial charge in [-0.25, -0.2) is 0 Å². The first-order valence-electron chi connectivity index (χ1n) is 4.90. The van der Waals surface area contributed by atoms with E-state index in [1.165, 1.54) is 17.6 Å². The summed E-state index contributed by atoms with van der Waals surface area (Å²) in [6, 6.07) is 2.15. The molecule has 0 aliphatic carbocycles. The van der Waals surface area contributed by atoms with Crippen molar-refractivity contribution in [3.63, 3.8) is 0 Å². The summed E-state index contributed by atoms with van der Waals surface area (Å²) in [6.45, 7) is 5.88. The normalized spacial score (nSPS) is 12.2. The third kappa shape index (κ3) is 3.35. The first kappa shape index (κ1) is 11.0. The second-order valence-corrected chi connectivity index (χ2v) is 3.84.